The number of nitrogen functional groups attached to an aromatic ring is 1. The van der Waals surface area contributed by atoms with Crippen LogP contribution in [0.2, 0.25) is 0 Å². The lowest BCUT2D eigenvalue weighted by atomic mass is 10.1. The molecule has 8 heteroatoms. The lowest BCUT2D eigenvalue weighted by molar-refractivity contribution is 0.0951. The Morgan fingerprint density at radius 3 is 2.41 bits per heavy atom. The van der Waals surface area contributed by atoms with Crippen molar-refractivity contribution in [1.29, 1.82) is 0 Å². The molecule has 0 fully saturated rings. The van der Waals surface area contributed by atoms with E-state index in [1.165, 1.54) is 17.4 Å². The van der Waals surface area contributed by atoms with E-state index >= 15 is 0 Å². The van der Waals surface area contributed by atoms with Crippen molar-refractivity contribution in [3.05, 3.63) is 58.0 Å². The molecule has 1 heterocycles. The summed E-state index contributed by atoms with van der Waals surface area (Å²) in [6.45, 7) is 3.40. The molecule has 0 aliphatic carbocycles. The van der Waals surface area contributed by atoms with Crippen LogP contribution < -0.4 is 16.9 Å². The fourth-order valence-corrected chi connectivity index (χ4v) is 3.87. The van der Waals surface area contributed by atoms with Crippen molar-refractivity contribution in [3.8, 4) is 5.75 Å². The summed E-state index contributed by atoms with van der Waals surface area (Å²) in [7, 11) is 0. The van der Waals surface area contributed by atoms with Crippen LogP contribution in [0.3, 0.4) is 0 Å². The monoisotopic (exact) mass is 382 g/mol. The minimum absolute atomic E-state index is 0.116. The second kappa shape index (κ2) is 7.08. The summed E-state index contributed by atoms with van der Waals surface area (Å²) in [6, 6.07) is 10.5. The Balaban J connectivity index is 1.88. The molecule has 0 unspecified atom stereocenters. The Labute approximate surface area is 159 Å². The molecule has 3 aromatic rings. The molecule has 6 N–H and O–H groups in total. The molecule has 7 nitrogen and oxygen atoms in total. The summed E-state index contributed by atoms with van der Waals surface area (Å²) in [4.78, 5) is 24.6. The van der Waals surface area contributed by atoms with Gasteiger partial charge in [0.2, 0.25) is 0 Å². The quantitative estimate of drug-likeness (QED) is 0.408. The number of carbonyl (C=O) groups is 2. The number of hydrogen-bond donors (Lipinski definition) is 4. The van der Waals surface area contributed by atoms with E-state index < -0.39 is 11.8 Å². The minimum atomic E-state index is -0.606. The van der Waals surface area contributed by atoms with E-state index in [1.807, 2.05) is 24.3 Å². The molecule has 0 bridgehead atoms. The van der Waals surface area contributed by atoms with Gasteiger partial charge in [0.15, 0.2) is 0 Å². The molecule has 0 saturated carbocycles. The van der Waals surface area contributed by atoms with E-state index in [0.29, 0.717) is 21.2 Å². The van der Waals surface area contributed by atoms with E-state index in [2.05, 4.69) is 10.5 Å². The molecule has 0 aliphatic rings. The van der Waals surface area contributed by atoms with Gasteiger partial charge in [0.25, 0.3) is 11.8 Å². The number of aromatic hydroxyl groups is 1. The summed E-state index contributed by atoms with van der Waals surface area (Å²) >= 11 is 1.18. The van der Waals surface area contributed by atoms with Crippen LogP contribution in [0.25, 0.3) is 10.8 Å². The molecule has 1 aromatic heterocycles. The lowest BCUT2D eigenvalue weighted by Crippen LogP contribution is -2.19. The summed E-state index contributed by atoms with van der Waals surface area (Å²) < 4.78 is 0. The number of hydrazone groups is 1. The molecule has 0 radical (unpaired) electrons. The van der Waals surface area contributed by atoms with Gasteiger partial charge in [-0.15, -0.1) is 11.3 Å². The zero-order valence-corrected chi connectivity index (χ0v) is 15.6. The van der Waals surface area contributed by atoms with Crippen LogP contribution in [0, 0.1) is 6.92 Å². The van der Waals surface area contributed by atoms with Crippen molar-refractivity contribution in [2.24, 2.45) is 10.8 Å². The number of primary amides is 1. The number of nitrogens with two attached hydrogens (primary N) is 2. The van der Waals surface area contributed by atoms with Gasteiger partial charge in [0.05, 0.1) is 26.7 Å². The van der Waals surface area contributed by atoms with E-state index in [4.69, 9.17) is 11.5 Å². The third-order valence-corrected chi connectivity index (χ3v) is 5.41. The maximum absolute atomic E-state index is 12.4. The van der Waals surface area contributed by atoms with Crippen LogP contribution in [-0.4, -0.2) is 22.6 Å². The number of fused-ring (bicyclic) bond motifs is 1. The fraction of sp³-hybridized carbons (Fsp3) is 0.105. The van der Waals surface area contributed by atoms with Crippen LogP contribution >= 0.6 is 11.3 Å². The Morgan fingerprint density at radius 1 is 1.19 bits per heavy atom. The third kappa shape index (κ3) is 3.47. The van der Waals surface area contributed by atoms with Gasteiger partial charge in [-0.05, 0) is 42.3 Å². The first-order valence-electron chi connectivity index (χ1n) is 8.05. The first kappa shape index (κ1) is 18.4. The standard InChI is InChI=1S/C19H18N4O3S/c1-9-15(17(20)25)18(21)27-16(9)10(2)22-23-19(26)13-7-11-5-3-4-6-12(11)8-14(13)24/h3-8,24H,21H2,1-2H3,(H2,20,25)(H,23,26)/b22-10+. The van der Waals surface area contributed by atoms with Crippen molar-refractivity contribution in [3.63, 3.8) is 0 Å². The highest BCUT2D eigenvalue weighted by atomic mass is 32.1. The van der Waals surface area contributed by atoms with Gasteiger partial charge in [-0.3, -0.25) is 9.59 Å². The van der Waals surface area contributed by atoms with Gasteiger partial charge >= 0.3 is 0 Å². The Hall–Kier alpha value is -3.39. The summed E-state index contributed by atoms with van der Waals surface area (Å²) in [5, 5.41) is 16.2. The van der Waals surface area contributed by atoms with E-state index in [9.17, 15) is 14.7 Å². The van der Waals surface area contributed by atoms with E-state index in [0.717, 1.165) is 10.8 Å². The Kier molecular flexibility index (Phi) is 4.83. The predicted molar refractivity (Wildman–Crippen MR) is 107 cm³/mol. The number of nitrogens with one attached hydrogen (secondary N) is 1. The lowest BCUT2D eigenvalue weighted by Gasteiger charge is -2.07. The number of benzene rings is 2. The zero-order valence-electron chi connectivity index (χ0n) is 14.7. The van der Waals surface area contributed by atoms with Crippen molar-refractivity contribution in [2.75, 3.05) is 5.73 Å². The maximum atomic E-state index is 12.4. The number of phenolic OH excluding ortho intramolecular Hbond substituents is 1. The van der Waals surface area contributed by atoms with E-state index in [-0.39, 0.29) is 16.9 Å². The predicted octanol–water partition coefficient (Wildman–Crippen LogP) is 2.75. The molecule has 138 valence electrons. The second-order valence-electron chi connectivity index (χ2n) is 6.01. The first-order chi connectivity index (χ1) is 12.8. The number of hydrogen-bond acceptors (Lipinski definition) is 6. The third-order valence-electron chi connectivity index (χ3n) is 4.18. The number of thiophene rings is 1. The fourth-order valence-electron chi connectivity index (χ4n) is 2.84. The first-order valence-corrected chi connectivity index (χ1v) is 8.86. The summed E-state index contributed by atoms with van der Waals surface area (Å²) in [5.41, 5.74) is 15.1. The largest absolute Gasteiger partial charge is 0.507 e. The number of rotatable bonds is 4. The van der Waals surface area contributed by atoms with Gasteiger partial charge in [0, 0.05) is 0 Å². The second-order valence-corrected chi connectivity index (χ2v) is 7.07. The number of amides is 2. The van der Waals surface area contributed by atoms with Crippen LogP contribution in [-0.2, 0) is 0 Å². The zero-order chi connectivity index (χ0) is 19.7. The molecule has 3 rings (SSSR count). The molecule has 0 atom stereocenters. The average molecular weight is 382 g/mol. The van der Waals surface area contributed by atoms with Crippen LogP contribution in [0.5, 0.6) is 5.75 Å². The molecule has 27 heavy (non-hydrogen) atoms. The highest BCUT2D eigenvalue weighted by Crippen LogP contribution is 2.30. The number of nitrogens with zero attached hydrogens (tertiary/aromatic N) is 1. The maximum Gasteiger partial charge on any atom is 0.275 e. The number of anilines is 1. The van der Waals surface area contributed by atoms with Crippen molar-refractivity contribution in [2.45, 2.75) is 13.8 Å². The molecule has 0 spiro atoms. The average Bonchev–Trinajstić information content (AvgIpc) is 2.93. The molecular formula is C19H18N4O3S. The highest BCUT2D eigenvalue weighted by Gasteiger charge is 2.19. The molecule has 2 aromatic carbocycles. The van der Waals surface area contributed by atoms with Crippen molar-refractivity contribution < 1.29 is 14.7 Å². The Morgan fingerprint density at radius 2 is 1.81 bits per heavy atom. The van der Waals surface area contributed by atoms with Gasteiger partial charge in [-0.2, -0.15) is 5.10 Å². The summed E-state index contributed by atoms with van der Waals surface area (Å²) in [6.07, 6.45) is 0. The van der Waals surface area contributed by atoms with Gasteiger partial charge in [-0.25, -0.2) is 5.43 Å². The summed E-state index contributed by atoms with van der Waals surface area (Å²) in [5.74, 6) is -1.29. The smallest absolute Gasteiger partial charge is 0.275 e. The molecular weight excluding hydrogens is 364 g/mol. The Bertz CT molecular complexity index is 1100. The molecule has 0 saturated heterocycles. The van der Waals surface area contributed by atoms with Crippen molar-refractivity contribution in [1.82, 2.24) is 5.43 Å². The van der Waals surface area contributed by atoms with Crippen LogP contribution in [0.4, 0.5) is 5.00 Å². The molecule has 0 aliphatic heterocycles. The van der Waals surface area contributed by atoms with Crippen LogP contribution in [0.1, 0.15) is 38.1 Å². The SMILES string of the molecule is C/C(=N\NC(=O)c1cc2ccccc2cc1O)c1sc(N)c(C(N)=O)c1C. The highest BCUT2D eigenvalue weighted by molar-refractivity contribution is 7.18. The van der Waals surface area contributed by atoms with Gasteiger partial charge in [-0.1, -0.05) is 24.3 Å². The normalized spacial score (nSPS) is 11.6. The molecule has 2 amide bonds. The van der Waals surface area contributed by atoms with Crippen molar-refractivity contribution >= 4 is 44.6 Å². The van der Waals surface area contributed by atoms with Gasteiger partial charge in [0.1, 0.15) is 5.75 Å². The van der Waals surface area contributed by atoms with E-state index in [1.54, 1.807) is 19.9 Å². The van der Waals surface area contributed by atoms with Crippen LogP contribution in [0.15, 0.2) is 41.5 Å². The topological polar surface area (TPSA) is 131 Å². The van der Waals surface area contributed by atoms with Gasteiger partial charge < -0.3 is 16.6 Å². The minimum Gasteiger partial charge on any atom is -0.507 e. The number of phenols is 1. The number of carbonyl (C=O) groups excluding carboxylic acids is 2.